The maximum atomic E-state index is 6.02. The van der Waals surface area contributed by atoms with Crippen LogP contribution in [0, 0.1) is 6.92 Å². The van der Waals surface area contributed by atoms with Crippen molar-refractivity contribution in [3.8, 4) is 11.3 Å². The second kappa shape index (κ2) is 7.66. The highest BCUT2D eigenvalue weighted by Crippen LogP contribution is 2.28. The molecule has 4 rings (SSSR count). The van der Waals surface area contributed by atoms with Gasteiger partial charge in [-0.15, -0.1) is 0 Å². The summed E-state index contributed by atoms with van der Waals surface area (Å²) in [5, 5.41) is 5.17. The van der Waals surface area contributed by atoms with Crippen molar-refractivity contribution < 1.29 is 0 Å². The first-order chi connectivity index (χ1) is 13.1. The van der Waals surface area contributed by atoms with E-state index < -0.39 is 0 Å². The van der Waals surface area contributed by atoms with E-state index in [1.807, 2.05) is 36.0 Å². The predicted octanol–water partition coefficient (Wildman–Crippen LogP) is 3.16. The monoisotopic (exact) mass is 382 g/mol. The summed E-state index contributed by atoms with van der Waals surface area (Å²) in [6.45, 7) is 6.86. The Labute approximate surface area is 164 Å². The van der Waals surface area contributed by atoms with Gasteiger partial charge in [-0.2, -0.15) is 5.10 Å². The minimum absolute atomic E-state index is 0.725. The number of aromatic nitrogens is 4. The van der Waals surface area contributed by atoms with Crippen molar-refractivity contribution in [3.05, 3.63) is 59.1 Å². The third-order valence-electron chi connectivity index (χ3n) is 4.98. The van der Waals surface area contributed by atoms with Gasteiger partial charge in [0, 0.05) is 74.5 Å². The normalized spacial score (nSPS) is 15.3. The van der Waals surface area contributed by atoms with Crippen LogP contribution in [0.15, 0.2) is 42.9 Å². The van der Waals surface area contributed by atoms with Gasteiger partial charge in [-0.3, -0.25) is 14.6 Å². The molecule has 140 valence electrons. The van der Waals surface area contributed by atoms with Crippen molar-refractivity contribution >= 4 is 17.4 Å². The van der Waals surface area contributed by atoms with E-state index in [0.29, 0.717) is 0 Å². The number of aryl methyl sites for hydroxylation is 2. The Kier molecular flexibility index (Phi) is 5.09. The Morgan fingerprint density at radius 3 is 2.37 bits per heavy atom. The molecule has 0 spiro atoms. The third kappa shape index (κ3) is 3.96. The maximum absolute atomic E-state index is 6.02. The Morgan fingerprint density at radius 1 is 1.00 bits per heavy atom. The first-order valence-electron chi connectivity index (χ1n) is 9.13. The molecule has 0 radical (unpaired) electrons. The molecule has 3 aromatic rings. The molecule has 3 heterocycles. The van der Waals surface area contributed by atoms with Crippen LogP contribution in [0.25, 0.3) is 11.3 Å². The Bertz CT molecular complexity index is 912. The van der Waals surface area contributed by atoms with Gasteiger partial charge in [0.15, 0.2) is 5.82 Å². The molecule has 1 aromatic carbocycles. The molecule has 0 atom stereocenters. The van der Waals surface area contributed by atoms with Crippen LogP contribution in [0.1, 0.15) is 11.3 Å². The molecule has 1 aliphatic heterocycles. The number of rotatable bonds is 4. The lowest BCUT2D eigenvalue weighted by molar-refractivity contribution is 0.249. The molecule has 0 bridgehead atoms. The molecule has 27 heavy (non-hydrogen) atoms. The first-order valence-corrected chi connectivity index (χ1v) is 9.51. The van der Waals surface area contributed by atoms with Crippen LogP contribution in [0.3, 0.4) is 0 Å². The standard InChI is InChI=1S/C20H23ClN6/c1-15-17(13-25(2)24-15)14-26-9-11-27(12-10-26)20-19(22-7-8-23-20)16-3-5-18(21)6-4-16/h3-8,13H,9-12,14H2,1-2H3. The molecule has 0 amide bonds. The molecular weight excluding hydrogens is 360 g/mol. The molecule has 7 heteroatoms. The van der Waals surface area contributed by atoms with E-state index in [9.17, 15) is 0 Å². The van der Waals surface area contributed by atoms with E-state index in [0.717, 1.165) is 60.5 Å². The zero-order chi connectivity index (χ0) is 18.8. The van der Waals surface area contributed by atoms with Gasteiger partial charge in [0.2, 0.25) is 0 Å². The van der Waals surface area contributed by atoms with Gasteiger partial charge in [-0.25, -0.2) is 4.98 Å². The van der Waals surface area contributed by atoms with E-state index in [-0.39, 0.29) is 0 Å². The van der Waals surface area contributed by atoms with Crippen molar-refractivity contribution in [1.29, 1.82) is 0 Å². The number of nitrogens with zero attached hydrogens (tertiary/aromatic N) is 6. The summed E-state index contributed by atoms with van der Waals surface area (Å²) in [6, 6.07) is 7.78. The van der Waals surface area contributed by atoms with Crippen LogP contribution in [-0.4, -0.2) is 50.8 Å². The van der Waals surface area contributed by atoms with Crippen molar-refractivity contribution in [2.24, 2.45) is 7.05 Å². The fraction of sp³-hybridized carbons (Fsp3) is 0.350. The van der Waals surface area contributed by atoms with Crippen molar-refractivity contribution in [3.63, 3.8) is 0 Å². The van der Waals surface area contributed by atoms with Crippen LogP contribution in [0.5, 0.6) is 0 Å². The fourth-order valence-corrected chi connectivity index (χ4v) is 3.66. The highest BCUT2D eigenvalue weighted by atomic mass is 35.5. The van der Waals surface area contributed by atoms with Crippen LogP contribution >= 0.6 is 11.6 Å². The molecule has 0 N–H and O–H groups in total. The lowest BCUT2D eigenvalue weighted by Crippen LogP contribution is -2.46. The summed E-state index contributed by atoms with van der Waals surface area (Å²) < 4.78 is 1.89. The van der Waals surface area contributed by atoms with Gasteiger partial charge >= 0.3 is 0 Å². The highest BCUT2D eigenvalue weighted by Gasteiger charge is 2.22. The molecule has 2 aromatic heterocycles. The summed E-state index contributed by atoms with van der Waals surface area (Å²) in [5.74, 6) is 0.942. The number of anilines is 1. The predicted molar refractivity (Wildman–Crippen MR) is 108 cm³/mol. The Balaban J connectivity index is 1.47. The molecular formula is C20H23ClN6. The van der Waals surface area contributed by atoms with Gasteiger partial charge in [0.25, 0.3) is 0 Å². The lowest BCUT2D eigenvalue weighted by atomic mass is 10.1. The number of piperazine rings is 1. The number of hydrogen-bond acceptors (Lipinski definition) is 5. The summed E-state index contributed by atoms with van der Waals surface area (Å²) in [7, 11) is 1.97. The van der Waals surface area contributed by atoms with Crippen molar-refractivity contribution in [2.75, 3.05) is 31.1 Å². The molecule has 0 aliphatic carbocycles. The van der Waals surface area contributed by atoms with E-state index in [1.165, 1.54) is 5.56 Å². The molecule has 6 nitrogen and oxygen atoms in total. The summed E-state index contributed by atoms with van der Waals surface area (Å²) in [5.41, 5.74) is 4.35. The first kappa shape index (κ1) is 17.9. The van der Waals surface area contributed by atoms with Crippen molar-refractivity contribution in [2.45, 2.75) is 13.5 Å². The van der Waals surface area contributed by atoms with Gasteiger partial charge in [0.1, 0.15) is 5.69 Å². The summed E-state index contributed by atoms with van der Waals surface area (Å²) >= 11 is 6.02. The zero-order valence-corrected chi connectivity index (χ0v) is 16.4. The Morgan fingerprint density at radius 2 is 1.70 bits per heavy atom. The van der Waals surface area contributed by atoms with E-state index >= 15 is 0 Å². The minimum Gasteiger partial charge on any atom is -0.352 e. The molecule has 1 saturated heterocycles. The number of halogens is 1. The van der Waals surface area contributed by atoms with Crippen LogP contribution in [-0.2, 0) is 13.6 Å². The van der Waals surface area contributed by atoms with E-state index in [1.54, 1.807) is 12.4 Å². The third-order valence-corrected chi connectivity index (χ3v) is 5.23. The quantitative estimate of drug-likeness (QED) is 0.693. The maximum Gasteiger partial charge on any atom is 0.155 e. The topological polar surface area (TPSA) is 50.1 Å². The van der Waals surface area contributed by atoms with Gasteiger partial charge < -0.3 is 4.90 Å². The average Bonchev–Trinajstić information content (AvgIpc) is 3.00. The molecule has 1 aliphatic rings. The fourth-order valence-electron chi connectivity index (χ4n) is 3.54. The number of benzene rings is 1. The highest BCUT2D eigenvalue weighted by molar-refractivity contribution is 6.30. The lowest BCUT2D eigenvalue weighted by Gasteiger charge is -2.35. The number of hydrogen-bond donors (Lipinski definition) is 0. The zero-order valence-electron chi connectivity index (χ0n) is 15.6. The summed E-state index contributed by atoms with van der Waals surface area (Å²) in [6.07, 6.45) is 5.62. The van der Waals surface area contributed by atoms with Crippen molar-refractivity contribution in [1.82, 2.24) is 24.6 Å². The van der Waals surface area contributed by atoms with Gasteiger partial charge in [-0.05, 0) is 19.1 Å². The van der Waals surface area contributed by atoms with Crippen LogP contribution in [0.4, 0.5) is 5.82 Å². The van der Waals surface area contributed by atoms with Gasteiger partial charge in [-0.1, -0.05) is 23.7 Å². The second-order valence-electron chi connectivity index (χ2n) is 6.91. The SMILES string of the molecule is Cc1nn(C)cc1CN1CCN(c2nccnc2-c2ccc(Cl)cc2)CC1. The Hall–Kier alpha value is -2.44. The van der Waals surface area contributed by atoms with E-state index in [2.05, 4.69) is 38.0 Å². The second-order valence-corrected chi connectivity index (χ2v) is 7.35. The summed E-state index contributed by atoms with van der Waals surface area (Å²) in [4.78, 5) is 14.0. The molecule has 0 saturated carbocycles. The molecule has 0 unspecified atom stereocenters. The molecule has 1 fully saturated rings. The minimum atomic E-state index is 0.725. The smallest absolute Gasteiger partial charge is 0.155 e. The van der Waals surface area contributed by atoms with E-state index in [4.69, 9.17) is 11.6 Å². The van der Waals surface area contributed by atoms with Crippen LogP contribution in [0.2, 0.25) is 5.02 Å². The van der Waals surface area contributed by atoms with Crippen LogP contribution < -0.4 is 4.90 Å². The van der Waals surface area contributed by atoms with Gasteiger partial charge in [0.05, 0.1) is 5.69 Å². The average molecular weight is 383 g/mol. The largest absolute Gasteiger partial charge is 0.352 e.